The number of likely N-dealkylation sites (tertiary alicyclic amines) is 1. The van der Waals surface area contributed by atoms with Gasteiger partial charge in [0.15, 0.2) is 0 Å². The summed E-state index contributed by atoms with van der Waals surface area (Å²) in [5.74, 6) is -0.905. The van der Waals surface area contributed by atoms with Crippen molar-refractivity contribution in [3.05, 3.63) is 68.4 Å². The van der Waals surface area contributed by atoms with Crippen molar-refractivity contribution in [3.63, 3.8) is 0 Å². The fraction of sp³-hybridized carbons (Fsp3) is 0.536. The molecule has 0 aromatic heterocycles. The van der Waals surface area contributed by atoms with Gasteiger partial charge in [-0.15, -0.1) is 0 Å². The highest BCUT2D eigenvalue weighted by atomic mass is 35.5. The minimum atomic E-state index is -3.77. The molecule has 2 aliphatic carbocycles. The van der Waals surface area contributed by atoms with Crippen LogP contribution in [0, 0.1) is 17.2 Å². The molecule has 1 amide bonds. The molecule has 38 heavy (non-hydrogen) atoms. The molecule has 1 aliphatic heterocycles. The maximum atomic E-state index is 14.7. The van der Waals surface area contributed by atoms with Crippen molar-refractivity contribution in [1.82, 2.24) is 9.62 Å². The highest BCUT2D eigenvalue weighted by Gasteiger charge is 2.45. The Morgan fingerprint density at radius 2 is 1.84 bits per heavy atom. The van der Waals surface area contributed by atoms with E-state index in [-0.39, 0.29) is 18.1 Å². The van der Waals surface area contributed by atoms with E-state index in [1.165, 1.54) is 30.5 Å². The second-order valence-corrected chi connectivity index (χ2v) is 13.9. The van der Waals surface area contributed by atoms with Gasteiger partial charge in [-0.05, 0) is 110 Å². The van der Waals surface area contributed by atoms with Crippen molar-refractivity contribution in [2.45, 2.75) is 57.6 Å². The summed E-state index contributed by atoms with van der Waals surface area (Å²) in [5.41, 5.74) is 2.96. The van der Waals surface area contributed by atoms with Gasteiger partial charge in [-0.3, -0.25) is 9.69 Å². The predicted molar refractivity (Wildman–Crippen MR) is 146 cm³/mol. The van der Waals surface area contributed by atoms with E-state index in [0.29, 0.717) is 28.0 Å². The van der Waals surface area contributed by atoms with Crippen LogP contribution in [0.3, 0.4) is 0 Å². The number of amides is 1. The molecule has 0 atom stereocenters. The van der Waals surface area contributed by atoms with E-state index in [2.05, 4.69) is 4.90 Å². The lowest BCUT2D eigenvalue weighted by Crippen LogP contribution is -2.47. The Morgan fingerprint density at radius 1 is 1.13 bits per heavy atom. The zero-order valence-corrected chi connectivity index (χ0v) is 23.8. The third-order valence-corrected chi connectivity index (χ3v) is 9.43. The van der Waals surface area contributed by atoms with E-state index >= 15 is 0 Å². The molecule has 6 nitrogen and oxygen atoms in total. The first-order valence-corrected chi connectivity index (χ1v) is 15.7. The number of ether oxygens (including phenoxy) is 1. The van der Waals surface area contributed by atoms with Gasteiger partial charge in [0.05, 0.1) is 28.5 Å². The SMILES string of the molecule is CS(=O)(=O)NC(=O)c1cc(C2CC2)c(COCC2CC3(CCN(Cc4ccc(Cl)c(Cl)c4)CC3)C2)cc1F. The maximum absolute atomic E-state index is 14.7. The van der Waals surface area contributed by atoms with E-state index in [4.69, 9.17) is 27.9 Å². The highest BCUT2D eigenvalue weighted by Crippen LogP contribution is 2.53. The Kier molecular flexibility index (Phi) is 8.09. The first-order chi connectivity index (χ1) is 18.0. The van der Waals surface area contributed by atoms with Gasteiger partial charge in [-0.1, -0.05) is 29.3 Å². The summed E-state index contributed by atoms with van der Waals surface area (Å²) in [6.07, 6.45) is 7.48. The average molecular weight is 584 g/mol. The standard InChI is InChI=1S/C28H33Cl2FN2O4S/c1-38(35,36)32-27(34)23-12-22(20-3-4-20)21(11-26(23)31)17-37-16-19-13-28(14-19)6-8-33(9-7-28)15-18-2-5-24(29)25(30)10-18/h2,5,10-12,19-20H,3-4,6-9,13-17H2,1H3,(H,32,34). The molecule has 1 heterocycles. The van der Waals surface area contributed by atoms with Crippen LogP contribution in [-0.4, -0.2) is 45.2 Å². The maximum Gasteiger partial charge on any atom is 0.267 e. The Morgan fingerprint density at radius 3 is 2.47 bits per heavy atom. The Hall–Kier alpha value is -1.71. The lowest BCUT2D eigenvalue weighted by molar-refractivity contribution is -0.0540. The molecule has 0 unspecified atom stereocenters. The normalized spacial score (nSPS) is 19.9. The molecule has 1 spiro atoms. The molecule has 2 saturated carbocycles. The number of nitrogens with zero attached hydrogens (tertiary/aromatic N) is 1. The molecule has 10 heteroatoms. The molecule has 3 aliphatic rings. The molecule has 3 fully saturated rings. The number of carbonyl (C=O) groups is 1. The fourth-order valence-corrected chi connectivity index (χ4v) is 6.80. The molecule has 0 radical (unpaired) electrons. The van der Waals surface area contributed by atoms with Gasteiger partial charge in [-0.2, -0.15) is 0 Å². The summed E-state index contributed by atoms with van der Waals surface area (Å²) in [6.45, 7) is 3.94. The number of sulfonamides is 1. The average Bonchev–Trinajstić information content (AvgIpc) is 3.66. The van der Waals surface area contributed by atoms with E-state index in [1.54, 1.807) is 0 Å². The number of hydrogen-bond donors (Lipinski definition) is 1. The third kappa shape index (κ3) is 6.70. The van der Waals surface area contributed by atoms with Crippen LogP contribution in [0.4, 0.5) is 4.39 Å². The number of rotatable bonds is 9. The second-order valence-electron chi connectivity index (χ2n) is 11.3. The second kappa shape index (κ2) is 11.0. The number of hydrogen-bond acceptors (Lipinski definition) is 5. The Labute approximate surface area is 233 Å². The van der Waals surface area contributed by atoms with Crippen molar-refractivity contribution in [3.8, 4) is 0 Å². The predicted octanol–water partition coefficient (Wildman–Crippen LogP) is 5.91. The summed E-state index contributed by atoms with van der Waals surface area (Å²) < 4.78 is 45.4. The van der Waals surface area contributed by atoms with Crippen molar-refractivity contribution < 1.29 is 22.3 Å². The number of piperidine rings is 1. The van der Waals surface area contributed by atoms with E-state index in [9.17, 15) is 17.6 Å². The van der Waals surface area contributed by atoms with Gasteiger partial charge in [-0.25, -0.2) is 17.5 Å². The van der Waals surface area contributed by atoms with Crippen LogP contribution >= 0.6 is 23.2 Å². The Balaban J connectivity index is 1.09. The molecule has 0 bridgehead atoms. The van der Waals surface area contributed by atoms with Gasteiger partial charge in [0, 0.05) is 13.2 Å². The largest absolute Gasteiger partial charge is 0.376 e. The molecule has 206 valence electrons. The van der Waals surface area contributed by atoms with Crippen LogP contribution in [0.2, 0.25) is 10.0 Å². The first kappa shape index (κ1) is 27.8. The zero-order valence-electron chi connectivity index (χ0n) is 21.4. The van der Waals surface area contributed by atoms with E-state index in [1.807, 2.05) is 22.9 Å². The van der Waals surface area contributed by atoms with E-state index in [0.717, 1.165) is 62.7 Å². The molecule has 2 aromatic rings. The molecule has 1 saturated heterocycles. The summed E-state index contributed by atoms with van der Waals surface area (Å²) in [7, 11) is -3.77. The number of halogens is 3. The van der Waals surface area contributed by atoms with Crippen LogP contribution in [0.1, 0.15) is 71.5 Å². The molecule has 1 N–H and O–H groups in total. The number of carbonyl (C=O) groups excluding carboxylic acids is 1. The summed E-state index contributed by atoms with van der Waals surface area (Å²) >= 11 is 12.2. The number of benzene rings is 2. The van der Waals surface area contributed by atoms with Crippen molar-refractivity contribution in [1.29, 1.82) is 0 Å². The summed E-state index contributed by atoms with van der Waals surface area (Å²) in [5, 5.41) is 1.18. The topological polar surface area (TPSA) is 75.7 Å². The van der Waals surface area contributed by atoms with Gasteiger partial charge in [0.1, 0.15) is 5.82 Å². The third-order valence-electron chi connectivity index (χ3n) is 8.13. The quantitative estimate of drug-likeness (QED) is 0.398. The summed E-state index contributed by atoms with van der Waals surface area (Å²) in [6, 6.07) is 8.66. The first-order valence-electron chi connectivity index (χ1n) is 13.1. The highest BCUT2D eigenvalue weighted by molar-refractivity contribution is 7.89. The fourth-order valence-electron chi connectivity index (χ4n) is 6.04. The van der Waals surface area contributed by atoms with Gasteiger partial charge < -0.3 is 4.74 Å². The van der Waals surface area contributed by atoms with Crippen molar-refractivity contribution in [2.75, 3.05) is 26.0 Å². The molecule has 2 aromatic carbocycles. The minimum absolute atomic E-state index is 0.243. The lowest BCUT2D eigenvalue weighted by atomic mass is 9.58. The van der Waals surface area contributed by atoms with Gasteiger partial charge >= 0.3 is 0 Å². The lowest BCUT2D eigenvalue weighted by Gasteiger charge is -2.52. The number of nitrogens with one attached hydrogen (secondary N) is 1. The monoisotopic (exact) mass is 582 g/mol. The Bertz CT molecular complexity index is 1320. The van der Waals surface area contributed by atoms with E-state index < -0.39 is 21.7 Å². The van der Waals surface area contributed by atoms with Gasteiger partial charge in [0.2, 0.25) is 10.0 Å². The van der Waals surface area contributed by atoms with Crippen LogP contribution in [-0.2, 0) is 27.9 Å². The van der Waals surface area contributed by atoms with Crippen LogP contribution < -0.4 is 4.72 Å². The minimum Gasteiger partial charge on any atom is -0.376 e. The molecular weight excluding hydrogens is 550 g/mol. The van der Waals surface area contributed by atoms with Crippen LogP contribution in [0.15, 0.2) is 30.3 Å². The van der Waals surface area contributed by atoms with Gasteiger partial charge in [0.25, 0.3) is 5.91 Å². The van der Waals surface area contributed by atoms with Crippen LogP contribution in [0.5, 0.6) is 0 Å². The smallest absolute Gasteiger partial charge is 0.267 e. The zero-order chi connectivity index (χ0) is 27.1. The molecule has 5 rings (SSSR count). The van der Waals surface area contributed by atoms with Crippen LogP contribution in [0.25, 0.3) is 0 Å². The molecular formula is C28H33Cl2FN2O4S. The van der Waals surface area contributed by atoms with Crippen molar-refractivity contribution >= 4 is 39.1 Å². The summed E-state index contributed by atoms with van der Waals surface area (Å²) in [4.78, 5) is 14.7. The van der Waals surface area contributed by atoms with Crippen molar-refractivity contribution in [2.24, 2.45) is 11.3 Å².